The summed E-state index contributed by atoms with van der Waals surface area (Å²) in [6, 6.07) is 0. The van der Waals surface area contributed by atoms with Crippen LogP contribution in [0.3, 0.4) is 0 Å². The molecular formula is C8H6F5IN2. The first kappa shape index (κ1) is 13.6. The van der Waals surface area contributed by atoms with Gasteiger partial charge in [-0.3, -0.25) is 4.98 Å². The maximum absolute atomic E-state index is 12.6. The number of nitrogens with zero attached hydrogens (tertiary/aromatic N) is 1. The van der Waals surface area contributed by atoms with Gasteiger partial charge in [-0.1, -0.05) is 0 Å². The average molecular weight is 352 g/mol. The van der Waals surface area contributed by atoms with Crippen LogP contribution in [0, 0.1) is 3.57 Å². The Kier molecular flexibility index (Phi) is 4.05. The quantitative estimate of drug-likeness (QED) is 0.656. The van der Waals surface area contributed by atoms with Crippen molar-refractivity contribution < 1.29 is 22.0 Å². The van der Waals surface area contributed by atoms with Crippen LogP contribution in [0.15, 0.2) is 6.20 Å². The molecule has 2 nitrogen and oxygen atoms in total. The van der Waals surface area contributed by atoms with E-state index < -0.39 is 23.7 Å². The number of halogens is 6. The lowest BCUT2D eigenvalue weighted by atomic mass is 10.1. The minimum absolute atomic E-state index is 0.0441. The molecule has 1 rings (SSSR count). The largest absolute Gasteiger partial charge is 0.418 e. The molecule has 90 valence electrons. The van der Waals surface area contributed by atoms with Gasteiger partial charge in [-0.05, 0) is 22.6 Å². The van der Waals surface area contributed by atoms with Gasteiger partial charge < -0.3 is 5.73 Å². The van der Waals surface area contributed by atoms with Crippen LogP contribution in [0.25, 0.3) is 0 Å². The summed E-state index contributed by atoms with van der Waals surface area (Å²) in [6.45, 7) is -0.231. The maximum atomic E-state index is 12.6. The molecule has 0 aliphatic heterocycles. The molecule has 0 saturated carbocycles. The summed E-state index contributed by atoms with van der Waals surface area (Å²) >= 11 is 1.33. The molecule has 0 aliphatic carbocycles. The van der Waals surface area contributed by atoms with Crippen LogP contribution >= 0.6 is 22.6 Å². The Hall–Kier alpha value is -0.510. The van der Waals surface area contributed by atoms with Gasteiger partial charge in [0, 0.05) is 21.9 Å². The normalized spacial score (nSPS) is 12.2. The number of rotatable bonds is 2. The number of aromatic nitrogens is 1. The second-order valence-electron chi connectivity index (χ2n) is 2.85. The predicted octanol–water partition coefficient (Wildman–Crippen LogP) is 3.10. The van der Waals surface area contributed by atoms with Crippen molar-refractivity contribution >= 4 is 22.6 Å². The van der Waals surface area contributed by atoms with E-state index in [0.717, 1.165) is 0 Å². The fourth-order valence-electron chi connectivity index (χ4n) is 1.14. The third-order valence-electron chi connectivity index (χ3n) is 1.83. The number of hydrogen-bond donors (Lipinski definition) is 1. The van der Waals surface area contributed by atoms with Gasteiger partial charge in [0.05, 0.1) is 11.3 Å². The summed E-state index contributed by atoms with van der Waals surface area (Å²) in [6.07, 6.45) is -7.53. The lowest BCUT2D eigenvalue weighted by Crippen LogP contribution is -2.16. The number of hydrogen-bond acceptors (Lipinski definition) is 2. The van der Waals surface area contributed by atoms with E-state index in [1.54, 1.807) is 0 Å². The van der Waals surface area contributed by atoms with E-state index in [2.05, 4.69) is 4.98 Å². The van der Waals surface area contributed by atoms with Crippen molar-refractivity contribution in [2.75, 3.05) is 0 Å². The zero-order valence-electron chi connectivity index (χ0n) is 7.65. The van der Waals surface area contributed by atoms with E-state index in [0.29, 0.717) is 6.20 Å². The van der Waals surface area contributed by atoms with E-state index in [1.165, 1.54) is 22.6 Å². The lowest BCUT2D eigenvalue weighted by molar-refractivity contribution is -0.140. The molecule has 16 heavy (non-hydrogen) atoms. The zero-order chi connectivity index (χ0) is 12.5. The highest BCUT2D eigenvalue weighted by atomic mass is 127. The van der Waals surface area contributed by atoms with E-state index in [-0.39, 0.29) is 15.8 Å². The van der Waals surface area contributed by atoms with Crippen LogP contribution in [0.1, 0.15) is 23.2 Å². The molecule has 8 heteroatoms. The van der Waals surface area contributed by atoms with Gasteiger partial charge in [0.1, 0.15) is 0 Å². The first-order valence-electron chi connectivity index (χ1n) is 4.01. The lowest BCUT2D eigenvalue weighted by Gasteiger charge is -2.15. The number of pyridine rings is 1. The number of nitrogens with two attached hydrogens (primary N) is 1. The minimum Gasteiger partial charge on any atom is -0.325 e. The summed E-state index contributed by atoms with van der Waals surface area (Å²) in [7, 11) is 0. The molecule has 2 N–H and O–H groups in total. The summed E-state index contributed by atoms with van der Waals surface area (Å²) in [5, 5.41) is 0. The van der Waals surface area contributed by atoms with Gasteiger partial charge in [-0.2, -0.15) is 13.2 Å². The Balaban J connectivity index is 3.50. The fraction of sp³-hybridized carbons (Fsp3) is 0.375. The first-order chi connectivity index (χ1) is 7.29. The van der Waals surface area contributed by atoms with Crippen LogP contribution < -0.4 is 5.73 Å². The van der Waals surface area contributed by atoms with E-state index in [9.17, 15) is 22.0 Å². The van der Waals surface area contributed by atoms with Crippen molar-refractivity contribution in [2.45, 2.75) is 19.1 Å². The Bertz CT molecular complexity index is 391. The summed E-state index contributed by atoms with van der Waals surface area (Å²) in [5.74, 6) is 0. The van der Waals surface area contributed by atoms with Gasteiger partial charge in [0.25, 0.3) is 6.43 Å². The maximum Gasteiger partial charge on any atom is 0.418 e. The second-order valence-corrected chi connectivity index (χ2v) is 3.93. The fourth-order valence-corrected chi connectivity index (χ4v) is 2.11. The zero-order valence-corrected chi connectivity index (χ0v) is 9.81. The summed E-state index contributed by atoms with van der Waals surface area (Å²) in [4.78, 5) is 3.48. The van der Waals surface area contributed by atoms with Crippen molar-refractivity contribution in [3.8, 4) is 0 Å². The monoisotopic (exact) mass is 352 g/mol. The van der Waals surface area contributed by atoms with E-state index >= 15 is 0 Å². The van der Waals surface area contributed by atoms with Crippen LogP contribution in [0.2, 0.25) is 0 Å². The van der Waals surface area contributed by atoms with Gasteiger partial charge in [0.15, 0.2) is 0 Å². The topological polar surface area (TPSA) is 38.9 Å². The summed E-state index contributed by atoms with van der Waals surface area (Å²) < 4.78 is 62.2. The molecule has 0 radical (unpaired) electrons. The van der Waals surface area contributed by atoms with Crippen molar-refractivity contribution in [1.82, 2.24) is 4.98 Å². The SMILES string of the molecule is NCc1ncc(C(F)F)c(C(F)(F)F)c1I. The molecule has 0 unspecified atom stereocenters. The van der Waals surface area contributed by atoms with Crippen LogP contribution in [0.5, 0.6) is 0 Å². The van der Waals surface area contributed by atoms with Gasteiger partial charge in [-0.25, -0.2) is 8.78 Å². The molecule has 1 aromatic rings. The van der Waals surface area contributed by atoms with Crippen LogP contribution in [0.4, 0.5) is 22.0 Å². The molecule has 0 aliphatic rings. The van der Waals surface area contributed by atoms with Gasteiger partial charge in [0.2, 0.25) is 0 Å². The molecule has 0 aromatic carbocycles. The third-order valence-corrected chi connectivity index (χ3v) is 2.99. The van der Waals surface area contributed by atoms with Gasteiger partial charge in [-0.15, -0.1) is 0 Å². The van der Waals surface area contributed by atoms with Crippen LogP contribution in [-0.2, 0) is 12.7 Å². The number of alkyl halides is 5. The van der Waals surface area contributed by atoms with E-state index in [1.807, 2.05) is 0 Å². The Morgan fingerprint density at radius 3 is 2.31 bits per heavy atom. The van der Waals surface area contributed by atoms with Crippen molar-refractivity contribution in [1.29, 1.82) is 0 Å². The van der Waals surface area contributed by atoms with Crippen molar-refractivity contribution in [3.63, 3.8) is 0 Å². The molecule has 0 atom stereocenters. The average Bonchev–Trinajstić information content (AvgIpc) is 2.14. The highest BCUT2D eigenvalue weighted by molar-refractivity contribution is 14.1. The molecule has 1 aromatic heterocycles. The van der Waals surface area contributed by atoms with Crippen molar-refractivity contribution in [3.05, 3.63) is 26.6 Å². The molecule has 0 amide bonds. The van der Waals surface area contributed by atoms with Crippen LogP contribution in [-0.4, -0.2) is 4.98 Å². The first-order valence-corrected chi connectivity index (χ1v) is 5.09. The molecular weight excluding hydrogens is 346 g/mol. The Morgan fingerprint density at radius 1 is 1.38 bits per heavy atom. The van der Waals surface area contributed by atoms with E-state index in [4.69, 9.17) is 5.73 Å². The van der Waals surface area contributed by atoms with Gasteiger partial charge >= 0.3 is 6.18 Å². The summed E-state index contributed by atoms with van der Waals surface area (Å²) in [5.41, 5.74) is 2.66. The standard InChI is InChI=1S/C8H6F5IN2/c9-7(10)3-2-16-4(1-15)6(14)5(3)8(11,12)13/h2,7H,1,15H2. The molecule has 0 saturated heterocycles. The second kappa shape index (κ2) is 4.78. The molecule has 1 heterocycles. The third kappa shape index (κ3) is 2.59. The van der Waals surface area contributed by atoms with Crippen molar-refractivity contribution in [2.24, 2.45) is 5.73 Å². The molecule has 0 spiro atoms. The smallest absolute Gasteiger partial charge is 0.325 e. The molecule has 0 fully saturated rings. The Morgan fingerprint density at radius 2 is 1.94 bits per heavy atom. The highest BCUT2D eigenvalue weighted by Crippen LogP contribution is 2.39. The minimum atomic E-state index is -4.84. The predicted molar refractivity (Wildman–Crippen MR) is 54.8 cm³/mol. The Labute approximate surface area is 101 Å². The highest BCUT2D eigenvalue weighted by Gasteiger charge is 2.39. The molecule has 0 bridgehead atoms.